The van der Waals surface area contributed by atoms with E-state index in [0.717, 1.165) is 12.8 Å². The Morgan fingerprint density at radius 2 is 2.26 bits per heavy atom. The Hall–Kier alpha value is -1.13. The van der Waals surface area contributed by atoms with Gasteiger partial charge in [-0.2, -0.15) is 0 Å². The Labute approximate surface area is 117 Å². The van der Waals surface area contributed by atoms with E-state index in [-0.39, 0.29) is 22.5 Å². The van der Waals surface area contributed by atoms with Crippen LogP contribution in [0.4, 0.5) is 4.39 Å². The number of nitrogens with two attached hydrogens (primary N) is 1. The van der Waals surface area contributed by atoms with E-state index in [2.05, 4.69) is 0 Å². The van der Waals surface area contributed by atoms with Crippen molar-refractivity contribution in [2.45, 2.75) is 25.8 Å². The molecule has 2 N–H and O–H groups in total. The van der Waals surface area contributed by atoms with Crippen LogP contribution >= 0.6 is 11.6 Å². The van der Waals surface area contributed by atoms with Crippen LogP contribution in [0.3, 0.4) is 0 Å². The van der Waals surface area contributed by atoms with Crippen LogP contribution in [-0.4, -0.2) is 29.9 Å². The summed E-state index contributed by atoms with van der Waals surface area (Å²) >= 11 is 5.88. The molecule has 0 aromatic heterocycles. The molecule has 1 aliphatic rings. The molecule has 1 amide bonds. The zero-order chi connectivity index (χ0) is 14.0. The van der Waals surface area contributed by atoms with Gasteiger partial charge in [0.2, 0.25) is 0 Å². The summed E-state index contributed by atoms with van der Waals surface area (Å²) in [4.78, 5) is 14.2. The molecule has 1 saturated heterocycles. The Bertz CT molecular complexity index is 481. The van der Waals surface area contributed by atoms with E-state index in [4.69, 9.17) is 17.3 Å². The first-order valence-corrected chi connectivity index (χ1v) is 6.87. The number of carbonyl (C=O) groups excluding carboxylic acids is 1. The second-order valence-corrected chi connectivity index (χ2v) is 5.46. The van der Waals surface area contributed by atoms with Gasteiger partial charge in [0.1, 0.15) is 5.82 Å². The minimum absolute atomic E-state index is 0.102. The van der Waals surface area contributed by atoms with Crippen LogP contribution in [0.1, 0.15) is 30.1 Å². The standard InChI is InChI=1S/C14H18ClFN2O/c1-9-5-6-10(7-17)8-18(9)14(19)11-3-2-4-12(16)13(11)15/h2-4,9-10H,5-8,17H2,1H3. The summed E-state index contributed by atoms with van der Waals surface area (Å²) in [7, 11) is 0. The van der Waals surface area contributed by atoms with E-state index in [9.17, 15) is 9.18 Å². The van der Waals surface area contributed by atoms with Crippen molar-refractivity contribution >= 4 is 17.5 Å². The lowest BCUT2D eigenvalue weighted by Crippen LogP contribution is -2.47. The molecule has 0 bridgehead atoms. The molecule has 104 valence electrons. The monoisotopic (exact) mass is 284 g/mol. The molecule has 2 rings (SSSR count). The molecule has 2 unspecified atom stereocenters. The van der Waals surface area contributed by atoms with Crippen molar-refractivity contribution in [3.05, 3.63) is 34.6 Å². The van der Waals surface area contributed by atoms with Gasteiger partial charge < -0.3 is 10.6 Å². The van der Waals surface area contributed by atoms with Crippen molar-refractivity contribution in [3.8, 4) is 0 Å². The maximum atomic E-state index is 13.4. The number of hydrogen-bond acceptors (Lipinski definition) is 2. The highest BCUT2D eigenvalue weighted by Gasteiger charge is 2.30. The largest absolute Gasteiger partial charge is 0.336 e. The van der Waals surface area contributed by atoms with E-state index in [1.807, 2.05) is 6.92 Å². The molecule has 0 radical (unpaired) electrons. The summed E-state index contributed by atoms with van der Waals surface area (Å²) in [6, 6.07) is 4.45. The van der Waals surface area contributed by atoms with Crippen LogP contribution in [0.2, 0.25) is 5.02 Å². The number of benzene rings is 1. The molecular formula is C14H18ClFN2O. The van der Waals surface area contributed by atoms with Crippen LogP contribution in [-0.2, 0) is 0 Å². The molecule has 1 heterocycles. The number of halogens is 2. The first kappa shape index (κ1) is 14.3. The smallest absolute Gasteiger partial charge is 0.255 e. The number of carbonyl (C=O) groups is 1. The third kappa shape index (κ3) is 2.90. The fraction of sp³-hybridized carbons (Fsp3) is 0.500. The summed E-state index contributed by atoms with van der Waals surface area (Å²) in [5, 5.41) is -0.102. The number of nitrogens with zero attached hydrogens (tertiary/aromatic N) is 1. The van der Waals surface area contributed by atoms with E-state index in [1.165, 1.54) is 12.1 Å². The number of amides is 1. The molecule has 19 heavy (non-hydrogen) atoms. The predicted molar refractivity (Wildman–Crippen MR) is 73.7 cm³/mol. The predicted octanol–water partition coefficient (Wildman–Crippen LogP) is 2.68. The molecule has 2 atom stereocenters. The van der Waals surface area contributed by atoms with Crippen LogP contribution in [0, 0.1) is 11.7 Å². The molecule has 1 aromatic carbocycles. The lowest BCUT2D eigenvalue weighted by molar-refractivity contribution is 0.0566. The Morgan fingerprint density at radius 3 is 2.95 bits per heavy atom. The molecule has 0 aliphatic carbocycles. The second-order valence-electron chi connectivity index (χ2n) is 5.09. The Kier molecular flexibility index (Phi) is 4.42. The molecule has 0 saturated carbocycles. The van der Waals surface area contributed by atoms with Crippen LogP contribution in [0.5, 0.6) is 0 Å². The number of likely N-dealkylation sites (tertiary alicyclic amines) is 1. The lowest BCUT2D eigenvalue weighted by Gasteiger charge is -2.37. The normalized spacial score (nSPS) is 23.5. The van der Waals surface area contributed by atoms with Crippen molar-refractivity contribution in [1.82, 2.24) is 4.90 Å². The first-order valence-electron chi connectivity index (χ1n) is 6.49. The second kappa shape index (κ2) is 5.88. The third-order valence-electron chi connectivity index (χ3n) is 3.76. The fourth-order valence-corrected chi connectivity index (χ4v) is 2.69. The highest BCUT2D eigenvalue weighted by Crippen LogP contribution is 2.26. The SMILES string of the molecule is CC1CCC(CN)CN1C(=O)c1cccc(F)c1Cl. The number of piperidine rings is 1. The lowest BCUT2D eigenvalue weighted by atomic mass is 9.93. The average Bonchev–Trinajstić information content (AvgIpc) is 2.42. The van der Waals surface area contributed by atoms with Crippen molar-refractivity contribution in [3.63, 3.8) is 0 Å². The summed E-state index contributed by atoms with van der Waals surface area (Å²) in [5.41, 5.74) is 5.91. The van der Waals surface area contributed by atoms with E-state index in [0.29, 0.717) is 19.0 Å². The van der Waals surface area contributed by atoms with Gasteiger partial charge in [-0.15, -0.1) is 0 Å². The summed E-state index contributed by atoms with van der Waals surface area (Å²) < 4.78 is 13.4. The van der Waals surface area contributed by atoms with Gasteiger partial charge in [-0.1, -0.05) is 17.7 Å². The fourth-order valence-electron chi connectivity index (χ4n) is 2.48. The quantitative estimate of drug-likeness (QED) is 0.907. The summed E-state index contributed by atoms with van der Waals surface area (Å²) in [5.74, 6) is -0.463. The van der Waals surface area contributed by atoms with Crippen LogP contribution in [0.15, 0.2) is 18.2 Å². The molecule has 1 fully saturated rings. The number of rotatable bonds is 2. The number of hydrogen-bond donors (Lipinski definition) is 1. The maximum absolute atomic E-state index is 13.4. The van der Waals surface area contributed by atoms with Gasteiger partial charge in [0.15, 0.2) is 0 Å². The molecule has 1 aromatic rings. The summed E-state index contributed by atoms with van der Waals surface area (Å²) in [6.07, 6.45) is 1.94. The zero-order valence-electron chi connectivity index (χ0n) is 10.9. The van der Waals surface area contributed by atoms with Gasteiger partial charge in [0.05, 0.1) is 10.6 Å². The Morgan fingerprint density at radius 1 is 1.53 bits per heavy atom. The highest BCUT2D eigenvalue weighted by molar-refractivity contribution is 6.34. The van der Waals surface area contributed by atoms with Gasteiger partial charge in [0, 0.05) is 12.6 Å². The van der Waals surface area contributed by atoms with Gasteiger partial charge in [-0.3, -0.25) is 4.79 Å². The topological polar surface area (TPSA) is 46.3 Å². The van der Waals surface area contributed by atoms with Crippen LogP contribution in [0.25, 0.3) is 0 Å². The van der Waals surface area contributed by atoms with Crippen molar-refractivity contribution < 1.29 is 9.18 Å². The average molecular weight is 285 g/mol. The zero-order valence-corrected chi connectivity index (χ0v) is 11.7. The molecule has 3 nitrogen and oxygen atoms in total. The van der Waals surface area contributed by atoms with Gasteiger partial charge in [-0.25, -0.2) is 4.39 Å². The minimum Gasteiger partial charge on any atom is -0.336 e. The Balaban J connectivity index is 2.24. The first-order chi connectivity index (χ1) is 9.04. The van der Waals surface area contributed by atoms with Crippen LogP contribution < -0.4 is 5.73 Å². The van der Waals surface area contributed by atoms with Crippen molar-refractivity contribution in [2.75, 3.05) is 13.1 Å². The molecule has 1 aliphatic heterocycles. The third-order valence-corrected chi connectivity index (χ3v) is 4.14. The van der Waals surface area contributed by atoms with E-state index < -0.39 is 5.82 Å². The van der Waals surface area contributed by atoms with E-state index in [1.54, 1.807) is 11.0 Å². The molecule has 5 heteroatoms. The molecule has 0 spiro atoms. The van der Waals surface area contributed by atoms with Crippen molar-refractivity contribution in [1.29, 1.82) is 0 Å². The van der Waals surface area contributed by atoms with Crippen molar-refractivity contribution in [2.24, 2.45) is 11.7 Å². The molecular weight excluding hydrogens is 267 g/mol. The van der Waals surface area contributed by atoms with Gasteiger partial charge >= 0.3 is 0 Å². The van der Waals surface area contributed by atoms with Gasteiger partial charge in [0.25, 0.3) is 5.91 Å². The van der Waals surface area contributed by atoms with Gasteiger partial charge in [-0.05, 0) is 44.4 Å². The van der Waals surface area contributed by atoms with E-state index >= 15 is 0 Å². The highest BCUT2D eigenvalue weighted by atomic mass is 35.5. The minimum atomic E-state index is -0.562. The maximum Gasteiger partial charge on any atom is 0.255 e. The summed E-state index contributed by atoms with van der Waals surface area (Å²) in [6.45, 7) is 3.18.